The second-order valence-corrected chi connectivity index (χ2v) is 2.36. The lowest BCUT2D eigenvalue weighted by Crippen LogP contribution is -1.80. The summed E-state index contributed by atoms with van der Waals surface area (Å²) >= 11 is 0. The van der Waals surface area contributed by atoms with Gasteiger partial charge in [0.05, 0.1) is 6.20 Å². The van der Waals surface area contributed by atoms with Crippen molar-refractivity contribution >= 4 is 37.2 Å². The van der Waals surface area contributed by atoms with Crippen molar-refractivity contribution < 1.29 is 5.11 Å². The van der Waals surface area contributed by atoms with Gasteiger partial charge in [-0.05, 0) is 12.1 Å². The SMILES string of the molecule is Cl.Cl.Cl.Oc1cccnc1-c1cn[nH]c1. The lowest BCUT2D eigenvalue weighted by molar-refractivity contribution is 0.475. The fourth-order valence-corrected chi connectivity index (χ4v) is 1.000. The van der Waals surface area contributed by atoms with Crippen molar-refractivity contribution in [3.8, 4) is 17.0 Å². The average Bonchev–Trinajstić information content (AvgIpc) is 2.57. The van der Waals surface area contributed by atoms with Gasteiger partial charge in [0.15, 0.2) is 0 Å². The molecular formula is C8H10Cl3N3O. The molecule has 0 radical (unpaired) electrons. The number of pyridine rings is 1. The summed E-state index contributed by atoms with van der Waals surface area (Å²) in [6.45, 7) is 0. The van der Waals surface area contributed by atoms with Crippen molar-refractivity contribution in [1.82, 2.24) is 15.2 Å². The molecule has 4 nitrogen and oxygen atoms in total. The molecule has 0 saturated heterocycles. The molecule has 0 amide bonds. The summed E-state index contributed by atoms with van der Waals surface area (Å²) in [6, 6.07) is 3.27. The molecule has 0 aliphatic rings. The first kappa shape index (κ1) is 16.5. The second kappa shape index (κ2) is 7.34. The van der Waals surface area contributed by atoms with Gasteiger partial charge in [-0.25, -0.2) is 0 Å². The van der Waals surface area contributed by atoms with E-state index >= 15 is 0 Å². The number of nitrogens with one attached hydrogen (secondary N) is 1. The summed E-state index contributed by atoms with van der Waals surface area (Å²) < 4.78 is 0. The Kier molecular flexibility index (Phi) is 8.05. The van der Waals surface area contributed by atoms with Crippen LogP contribution in [0, 0.1) is 0 Å². The molecule has 0 fully saturated rings. The number of rotatable bonds is 1. The number of H-pyrrole nitrogens is 1. The largest absolute Gasteiger partial charge is 0.506 e. The average molecular weight is 271 g/mol. The molecule has 0 unspecified atom stereocenters. The van der Waals surface area contributed by atoms with Crippen LogP contribution in [0.2, 0.25) is 0 Å². The molecule has 0 bridgehead atoms. The normalized spacial score (nSPS) is 8.00. The highest BCUT2D eigenvalue weighted by molar-refractivity contribution is 5.86. The van der Waals surface area contributed by atoms with Crippen LogP contribution in [0.5, 0.6) is 5.75 Å². The molecule has 15 heavy (non-hydrogen) atoms. The van der Waals surface area contributed by atoms with Crippen LogP contribution in [-0.2, 0) is 0 Å². The minimum absolute atomic E-state index is 0. The number of hydrogen-bond acceptors (Lipinski definition) is 3. The van der Waals surface area contributed by atoms with Crippen LogP contribution in [0.1, 0.15) is 0 Å². The number of hydrogen-bond donors (Lipinski definition) is 2. The van der Waals surface area contributed by atoms with E-state index in [1.165, 1.54) is 0 Å². The zero-order valence-corrected chi connectivity index (χ0v) is 9.90. The Morgan fingerprint density at radius 1 is 1.20 bits per heavy atom. The molecule has 2 heterocycles. The third-order valence-corrected chi connectivity index (χ3v) is 1.56. The van der Waals surface area contributed by atoms with Crippen molar-refractivity contribution in [3.63, 3.8) is 0 Å². The van der Waals surface area contributed by atoms with Crippen LogP contribution in [0.15, 0.2) is 30.7 Å². The van der Waals surface area contributed by atoms with Gasteiger partial charge < -0.3 is 5.11 Å². The Hall–Kier alpha value is -0.970. The summed E-state index contributed by atoms with van der Waals surface area (Å²) in [5.41, 5.74) is 1.33. The fourth-order valence-electron chi connectivity index (χ4n) is 1.000. The maximum atomic E-state index is 9.38. The van der Waals surface area contributed by atoms with E-state index in [-0.39, 0.29) is 43.0 Å². The van der Waals surface area contributed by atoms with E-state index in [1.54, 1.807) is 30.7 Å². The molecule has 7 heteroatoms. The number of nitrogens with zero attached hydrogens (tertiary/aromatic N) is 2. The van der Waals surface area contributed by atoms with Gasteiger partial charge in [0.2, 0.25) is 0 Å². The molecular weight excluding hydrogens is 260 g/mol. The fraction of sp³-hybridized carbons (Fsp3) is 0. The Morgan fingerprint density at radius 3 is 2.47 bits per heavy atom. The van der Waals surface area contributed by atoms with Crippen molar-refractivity contribution in [1.29, 1.82) is 0 Å². The number of aromatic amines is 1. The van der Waals surface area contributed by atoms with Crippen LogP contribution in [0.4, 0.5) is 0 Å². The minimum Gasteiger partial charge on any atom is -0.506 e. The predicted molar refractivity (Wildman–Crippen MR) is 65.2 cm³/mol. The molecule has 2 rings (SSSR count). The van der Waals surface area contributed by atoms with Crippen LogP contribution in [0.3, 0.4) is 0 Å². The number of halogens is 3. The maximum Gasteiger partial charge on any atom is 0.141 e. The molecule has 84 valence electrons. The lowest BCUT2D eigenvalue weighted by Gasteiger charge is -1.97. The van der Waals surface area contributed by atoms with Crippen molar-refractivity contribution in [2.24, 2.45) is 0 Å². The van der Waals surface area contributed by atoms with E-state index in [0.717, 1.165) is 5.56 Å². The first-order chi connectivity index (χ1) is 5.88. The highest BCUT2D eigenvalue weighted by atomic mass is 35.5. The van der Waals surface area contributed by atoms with Gasteiger partial charge in [-0.2, -0.15) is 5.10 Å². The third-order valence-electron chi connectivity index (χ3n) is 1.56. The van der Waals surface area contributed by atoms with Crippen molar-refractivity contribution in [2.75, 3.05) is 0 Å². The molecule has 0 atom stereocenters. The summed E-state index contributed by atoms with van der Waals surface area (Å²) in [5, 5.41) is 15.8. The Balaban J connectivity index is 0. The van der Waals surface area contributed by atoms with Crippen LogP contribution >= 0.6 is 37.2 Å². The summed E-state index contributed by atoms with van der Waals surface area (Å²) in [5.74, 6) is 0.166. The number of aromatic hydroxyl groups is 1. The molecule has 0 saturated carbocycles. The van der Waals surface area contributed by atoms with E-state index in [9.17, 15) is 5.11 Å². The summed E-state index contributed by atoms with van der Waals surface area (Å²) in [4.78, 5) is 4.01. The molecule has 2 aromatic rings. The summed E-state index contributed by atoms with van der Waals surface area (Å²) in [6.07, 6.45) is 4.92. The predicted octanol–water partition coefficient (Wildman–Crippen LogP) is 2.44. The van der Waals surface area contributed by atoms with E-state index in [2.05, 4.69) is 15.2 Å². The maximum absolute atomic E-state index is 9.38. The Labute approximate surface area is 105 Å². The zero-order valence-electron chi connectivity index (χ0n) is 7.45. The molecule has 0 aromatic carbocycles. The van der Waals surface area contributed by atoms with Crippen molar-refractivity contribution in [2.45, 2.75) is 0 Å². The molecule has 2 N–H and O–H groups in total. The van der Waals surface area contributed by atoms with Crippen molar-refractivity contribution in [3.05, 3.63) is 30.7 Å². The highest BCUT2D eigenvalue weighted by Crippen LogP contribution is 2.24. The van der Waals surface area contributed by atoms with Crippen LogP contribution in [0.25, 0.3) is 11.3 Å². The van der Waals surface area contributed by atoms with Gasteiger partial charge in [-0.15, -0.1) is 37.2 Å². The van der Waals surface area contributed by atoms with Gasteiger partial charge in [0, 0.05) is 18.0 Å². The molecule has 0 spiro atoms. The van der Waals surface area contributed by atoms with E-state index < -0.39 is 0 Å². The first-order valence-electron chi connectivity index (χ1n) is 3.51. The Bertz CT molecular complexity index is 380. The van der Waals surface area contributed by atoms with Gasteiger partial charge in [0.1, 0.15) is 11.4 Å². The minimum atomic E-state index is 0. The third kappa shape index (κ3) is 3.58. The standard InChI is InChI=1S/C8H7N3O.3ClH/c12-7-2-1-3-9-8(7)6-4-10-11-5-6;;;/h1-5,12H,(H,10,11);3*1H. The quantitative estimate of drug-likeness (QED) is 0.837. The van der Waals surface area contributed by atoms with Gasteiger partial charge in [0.25, 0.3) is 0 Å². The first-order valence-corrected chi connectivity index (χ1v) is 3.51. The van der Waals surface area contributed by atoms with Gasteiger partial charge >= 0.3 is 0 Å². The topological polar surface area (TPSA) is 61.8 Å². The smallest absolute Gasteiger partial charge is 0.141 e. The summed E-state index contributed by atoms with van der Waals surface area (Å²) in [7, 11) is 0. The van der Waals surface area contributed by atoms with E-state index in [1.807, 2.05) is 0 Å². The second-order valence-electron chi connectivity index (χ2n) is 2.36. The highest BCUT2D eigenvalue weighted by Gasteiger charge is 2.04. The monoisotopic (exact) mass is 269 g/mol. The van der Waals surface area contributed by atoms with E-state index in [0.29, 0.717) is 5.69 Å². The van der Waals surface area contributed by atoms with E-state index in [4.69, 9.17) is 0 Å². The van der Waals surface area contributed by atoms with Crippen LogP contribution in [-0.4, -0.2) is 20.3 Å². The molecule has 0 aliphatic carbocycles. The molecule has 0 aliphatic heterocycles. The zero-order chi connectivity index (χ0) is 8.39. The molecule has 2 aromatic heterocycles. The lowest BCUT2D eigenvalue weighted by atomic mass is 10.2. The number of aromatic nitrogens is 3. The Morgan fingerprint density at radius 2 is 1.93 bits per heavy atom. The van der Waals surface area contributed by atoms with Gasteiger partial charge in [-0.1, -0.05) is 0 Å². The van der Waals surface area contributed by atoms with Crippen LogP contribution < -0.4 is 0 Å². The van der Waals surface area contributed by atoms with Gasteiger partial charge in [-0.3, -0.25) is 10.1 Å².